The Kier molecular flexibility index (Phi) is 5.21. The van der Waals surface area contributed by atoms with E-state index in [2.05, 4.69) is 10.3 Å². The zero-order valence-electron chi connectivity index (χ0n) is 11.8. The van der Waals surface area contributed by atoms with Gasteiger partial charge in [-0.3, -0.25) is 4.79 Å². The normalized spacial score (nSPS) is 12.2. The number of benzene rings is 1. The Morgan fingerprint density at radius 1 is 1.14 bits per heavy atom. The summed E-state index contributed by atoms with van der Waals surface area (Å²) in [7, 11) is 0. The lowest BCUT2D eigenvalue weighted by atomic mass is 9.96. The number of nitrogens with one attached hydrogen (secondary N) is 1. The first-order chi connectivity index (χ1) is 9.99. The first-order valence-electron chi connectivity index (χ1n) is 6.66. The molecule has 1 atom stereocenters. The van der Waals surface area contributed by atoms with Gasteiger partial charge in [0.15, 0.2) is 0 Å². The van der Waals surface area contributed by atoms with Crippen LogP contribution in [0.15, 0.2) is 42.6 Å². The lowest BCUT2D eigenvalue weighted by Gasteiger charge is -2.23. The largest absolute Gasteiger partial charge is 0.345 e. The van der Waals surface area contributed by atoms with Gasteiger partial charge in [0, 0.05) is 11.2 Å². The van der Waals surface area contributed by atoms with Gasteiger partial charge in [-0.05, 0) is 35.7 Å². The Labute approximate surface area is 134 Å². The van der Waals surface area contributed by atoms with Crippen LogP contribution in [0.2, 0.25) is 10.2 Å². The molecule has 1 aromatic carbocycles. The van der Waals surface area contributed by atoms with E-state index in [0.29, 0.717) is 10.6 Å². The molecule has 0 bridgehead atoms. The van der Waals surface area contributed by atoms with Crippen LogP contribution in [0.1, 0.15) is 35.8 Å². The molecule has 0 radical (unpaired) electrons. The lowest BCUT2D eigenvalue weighted by Crippen LogP contribution is -2.32. The molecular weight excluding hydrogens is 307 g/mol. The van der Waals surface area contributed by atoms with E-state index in [4.69, 9.17) is 23.2 Å². The van der Waals surface area contributed by atoms with E-state index in [1.165, 1.54) is 0 Å². The van der Waals surface area contributed by atoms with Crippen LogP contribution in [0.5, 0.6) is 0 Å². The number of pyridine rings is 1. The van der Waals surface area contributed by atoms with Gasteiger partial charge in [0.1, 0.15) is 5.15 Å². The zero-order chi connectivity index (χ0) is 15.4. The molecular formula is C16H16Cl2N2O. The summed E-state index contributed by atoms with van der Waals surface area (Å²) in [6, 6.07) is 10.7. The van der Waals surface area contributed by atoms with E-state index < -0.39 is 0 Å². The number of rotatable bonds is 4. The summed E-state index contributed by atoms with van der Waals surface area (Å²) >= 11 is 11.9. The molecule has 0 saturated carbocycles. The van der Waals surface area contributed by atoms with Crippen molar-refractivity contribution >= 4 is 29.1 Å². The molecule has 2 aromatic rings. The highest BCUT2D eigenvalue weighted by Gasteiger charge is 2.20. The monoisotopic (exact) mass is 322 g/mol. The maximum absolute atomic E-state index is 12.4. The Morgan fingerprint density at radius 2 is 1.81 bits per heavy atom. The van der Waals surface area contributed by atoms with Crippen LogP contribution in [0, 0.1) is 5.92 Å². The van der Waals surface area contributed by atoms with Crippen molar-refractivity contribution < 1.29 is 4.79 Å². The molecule has 1 amide bonds. The van der Waals surface area contributed by atoms with Gasteiger partial charge in [-0.2, -0.15) is 0 Å². The van der Waals surface area contributed by atoms with E-state index >= 15 is 0 Å². The van der Waals surface area contributed by atoms with Crippen molar-refractivity contribution in [2.75, 3.05) is 0 Å². The molecule has 0 saturated heterocycles. The highest BCUT2D eigenvalue weighted by Crippen LogP contribution is 2.24. The average Bonchev–Trinajstić information content (AvgIpc) is 2.46. The highest BCUT2D eigenvalue weighted by atomic mass is 35.5. The second-order valence-electron chi connectivity index (χ2n) is 5.09. The first-order valence-corrected chi connectivity index (χ1v) is 7.41. The van der Waals surface area contributed by atoms with Crippen molar-refractivity contribution in [2.45, 2.75) is 19.9 Å². The van der Waals surface area contributed by atoms with Crippen LogP contribution in [-0.2, 0) is 0 Å². The smallest absolute Gasteiger partial charge is 0.254 e. The van der Waals surface area contributed by atoms with Gasteiger partial charge in [-0.15, -0.1) is 0 Å². The number of carbonyl (C=O) groups is 1. The summed E-state index contributed by atoms with van der Waals surface area (Å²) in [5.74, 6) is -0.00711. The van der Waals surface area contributed by atoms with Crippen LogP contribution in [0.4, 0.5) is 0 Å². The van der Waals surface area contributed by atoms with Gasteiger partial charge in [-0.25, -0.2) is 4.98 Å². The SMILES string of the molecule is CC(C)C(NC(=O)c1cccnc1Cl)c1ccc(Cl)cc1. The standard InChI is InChI=1S/C16H16Cl2N2O/c1-10(2)14(11-5-7-12(17)8-6-11)20-16(21)13-4-3-9-19-15(13)18/h3-10,14H,1-2H3,(H,20,21). The van der Waals surface area contributed by atoms with Gasteiger partial charge in [0.2, 0.25) is 0 Å². The third-order valence-corrected chi connectivity index (χ3v) is 3.74. The number of nitrogens with zero attached hydrogens (tertiary/aromatic N) is 1. The topological polar surface area (TPSA) is 42.0 Å². The first kappa shape index (κ1) is 15.8. The van der Waals surface area contributed by atoms with Gasteiger partial charge < -0.3 is 5.32 Å². The Balaban J connectivity index is 2.23. The number of hydrogen-bond donors (Lipinski definition) is 1. The summed E-state index contributed by atoms with van der Waals surface area (Å²) < 4.78 is 0. The van der Waals surface area contributed by atoms with Gasteiger partial charge in [-0.1, -0.05) is 49.2 Å². The number of carbonyl (C=O) groups excluding carboxylic acids is 1. The average molecular weight is 323 g/mol. The second-order valence-corrected chi connectivity index (χ2v) is 5.88. The van der Waals surface area contributed by atoms with E-state index in [1.54, 1.807) is 18.3 Å². The maximum Gasteiger partial charge on any atom is 0.254 e. The summed E-state index contributed by atoms with van der Waals surface area (Å²) in [5, 5.41) is 3.87. The summed E-state index contributed by atoms with van der Waals surface area (Å²) in [6.45, 7) is 4.09. The predicted octanol–water partition coefficient (Wildman–Crippen LogP) is 4.52. The minimum Gasteiger partial charge on any atom is -0.345 e. The molecule has 1 unspecified atom stereocenters. The van der Waals surface area contributed by atoms with Gasteiger partial charge in [0.05, 0.1) is 11.6 Å². The third-order valence-electron chi connectivity index (χ3n) is 3.19. The van der Waals surface area contributed by atoms with Crippen molar-refractivity contribution in [1.82, 2.24) is 10.3 Å². The Bertz CT molecular complexity index is 626. The third kappa shape index (κ3) is 3.96. The molecule has 110 valence electrons. The molecule has 21 heavy (non-hydrogen) atoms. The van der Waals surface area contributed by atoms with Gasteiger partial charge >= 0.3 is 0 Å². The van der Waals surface area contributed by atoms with Crippen LogP contribution >= 0.6 is 23.2 Å². The van der Waals surface area contributed by atoms with E-state index in [0.717, 1.165) is 5.56 Å². The molecule has 5 heteroatoms. The molecule has 0 aliphatic rings. The fraction of sp³-hybridized carbons (Fsp3) is 0.250. The van der Waals surface area contributed by atoms with Crippen molar-refractivity contribution in [3.05, 3.63) is 63.9 Å². The molecule has 1 N–H and O–H groups in total. The van der Waals surface area contributed by atoms with Crippen LogP contribution in [0.3, 0.4) is 0 Å². The fourth-order valence-electron chi connectivity index (χ4n) is 2.08. The van der Waals surface area contributed by atoms with E-state index in [-0.39, 0.29) is 23.0 Å². The fourth-order valence-corrected chi connectivity index (χ4v) is 2.41. The summed E-state index contributed by atoms with van der Waals surface area (Å²) in [5.41, 5.74) is 1.38. The number of hydrogen-bond acceptors (Lipinski definition) is 2. The molecule has 1 aromatic heterocycles. The lowest BCUT2D eigenvalue weighted by molar-refractivity contribution is 0.0925. The van der Waals surface area contributed by atoms with Crippen molar-refractivity contribution in [1.29, 1.82) is 0 Å². The molecule has 0 spiro atoms. The van der Waals surface area contributed by atoms with Crippen molar-refractivity contribution in [2.24, 2.45) is 5.92 Å². The summed E-state index contributed by atoms with van der Waals surface area (Å²) in [4.78, 5) is 16.3. The van der Waals surface area contributed by atoms with Crippen molar-refractivity contribution in [3.63, 3.8) is 0 Å². The minimum atomic E-state index is -0.234. The zero-order valence-corrected chi connectivity index (χ0v) is 13.3. The summed E-state index contributed by atoms with van der Waals surface area (Å²) in [6.07, 6.45) is 1.55. The predicted molar refractivity (Wildman–Crippen MR) is 85.7 cm³/mol. The minimum absolute atomic E-state index is 0.119. The number of aromatic nitrogens is 1. The Hall–Kier alpha value is -1.58. The highest BCUT2D eigenvalue weighted by molar-refractivity contribution is 6.32. The number of halogens is 2. The molecule has 0 fully saturated rings. The quantitative estimate of drug-likeness (QED) is 0.841. The van der Waals surface area contributed by atoms with Crippen LogP contribution < -0.4 is 5.32 Å². The number of amides is 1. The van der Waals surface area contributed by atoms with Crippen LogP contribution in [0.25, 0.3) is 0 Å². The maximum atomic E-state index is 12.4. The van der Waals surface area contributed by atoms with E-state index in [1.807, 2.05) is 38.1 Å². The van der Waals surface area contributed by atoms with E-state index in [9.17, 15) is 4.79 Å². The molecule has 0 aliphatic heterocycles. The molecule has 2 rings (SSSR count). The second kappa shape index (κ2) is 6.92. The van der Waals surface area contributed by atoms with Gasteiger partial charge in [0.25, 0.3) is 5.91 Å². The Morgan fingerprint density at radius 3 is 2.38 bits per heavy atom. The van der Waals surface area contributed by atoms with Crippen LogP contribution in [-0.4, -0.2) is 10.9 Å². The van der Waals surface area contributed by atoms with Crippen molar-refractivity contribution in [3.8, 4) is 0 Å². The molecule has 1 heterocycles. The molecule has 0 aliphatic carbocycles. The molecule has 3 nitrogen and oxygen atoms in total.